The summed E-state index contributed by atoms with van der Waals surface area (Å²) < 4.78 is 1.74. The van der Waals surface area contributed by atoms with Crippen LogP contribution in [0.1, 0.15) is 22.3 Å². The van der Waals surface area contributed by atoms with Crippen LogP contribution >= 0.6 is 0 Å². The summed E-state index contributed by atoms with van der Waals surface area (Å²) in [6.07, 6.45) is 8.52. The van der Waals surface area contributed by atoms with Gasteiger partial charge in [-0.25, -0.2) is 9.97 Å². The molecule has 0 spiro atoms. The van der Waals surface area contributed by atoms with Gasteiger partial charge in [0.15, 0.2) is 0 Å². The fraction of sp³-hybridized carbons (Fsp3) is 0.200. The zero-order valence-corrected chi connectivity index (χ0v) is 15.2. The number of hydrogen-bond donors (Lipinski definition) is 2. The normalized spacial score (nSPS) is 12.9. The molecule has 0 saturated heterocycles. The van der Waals surface area contributed by atoms with E-state index >= 15 is 0 Å². The first kappa shape index (κ1) is 17.7. The van der Waals surface area contributed by atoms with Gasteiger partial charge in [-0.15, -0.1) is 0 Å². The third-order valence-electron chi connectivity index (χ3n) is 4.64. The van der Waals surface area contributed by atoms with E-state index in [0.717, 1.165) is 25.1 Å². The number of hydrazine groups is 1. The lowest BCUT2D eigenvalue weighted by atomic mass is 10.0. The first-order valence-electron chi connectivity index (χ1n) is 9.07. The van der Waals surface area contributed by atoms with Crippen LogP contribution in [0.15, 0.2) is 61.3 Å². The molecule has 28 heavy (non-hydrogen) atoms. The molecule has 0 saturated carbocycles. The van der Waals surface area contributed by atoms with Gasteiger partial charge in [-0.05, 0) is 36.6 Å². The summed E-state index contributed by atoms with van der Waals surface area (Å²) in [7, 11) is 0. The van der Waals surface area contributed by atoms with E-state index in [1.165, 1.54) is 11.8 Å². The lowest BCUT2D eigenvalue weighted by Crippen LogP contribution is -2.47. The minimum Gasteiger partial charge on any atom is -0.362 e. The Bertz CT molecular complexity index is 969. The van der Waals surface area contributed by atoms with E-state index in [9.17, 15) is 9.59 Å². The number of aryl methyl sites for hydroxylation is 1. The quantitative estimate of drug-likeness (QED) is 0.673. The Hall–Kier alpha value is -3.68. The van der Waals surface area contributed by atoms with Crippen LogP contribution in [-0.2, 0) is 11.2 Å². The molecular weight excluding hydrogens is 356 g/mol. The molecule has 0 atom stereocenters. The summed E-state index contributed by atoms with van der Waals surface area (Å²) in [5, 5.41) is 0. The van der Waals surface area contributed by atoms with Crippen molar-refractivity contribution in [1.82, 2.24) is 25.4 Å². The van der Waals surface area contributed by atoms with Crippen molar-refractivity contribution < 1.29 is 9.59 Å². The van der Waals surface area contributed by atoms with E-state index in [1.807, 2.05) is 23.1 Å². The van der Waals surface area contributed by atoms with Gasteiger partial charge in [-0.3, -0.25) is 25.0 Å². The summed E-state index contributed by atoms with van der Waals surface area (Å²) in [5.41, 5.74) is 7.60. The molecule has 3 heterocycles. The molecule has 8 heteroatoms. The highest BCUT2D eigenvalue weighted by Crippen LogP contribution is 2.26. The monoisotopic (exact) mass is 376 g/mol. The van der Waals surface area contributed by atoms with E-state index in [2.05, 4.69) is 26.9 Å². The van der Waals surface area contributed by atoms with Crippen LogP contribution in [0.4, 0.5) is 5.69 Å². The number of pyridine rings is 1. The molecule has 0 fully saturated rings. The van der Waals surface area contributed by atoms with Crippen LogP contribution in [0.25, 0.3) is 5.82 Å². The van der Waals surface area contributed by atoms with Crippen LogP contribution in [0.5, 0.6) is 0 Å². The Morgan fingerprint density at radius 3 is 2.79 bits per heavy atom. The van der Waals surface area contributed by atoms with Crippen molar-refractivity contribution in [3.05, 3.63) is 72.4 Å². The maximum atomic E-state index is 12.3. The topological polar surface area (TPSA) is 92.2 Å². The molecular formula is C20H20N6O2. The Kier molecular flexibility index (Phi) is 5.01. The molecule has 0 aliphatic carbocycles. The Labute approximate surface area is 162 Å². The number of nitrogens with zero attached hydrogens (tertiary/aromatic N) is 4. The van der Waals surface area contributed by atoms with Crippen molar-refractivity contribution in [3.8, 4) is 5.82 Å². The number of aromatic nitrogens is 3. The van der Waals surface area contributed by atoms with Gasteiger partial charge >= 0.3 is 0 Å². The number of benzene rings is 1. The van der Waals surface area contributed by atoms with Gasteiger partial charge in [-0.1, -0.05) is 18.2 Å². The number of anilines is 1. The van der Waals surface area contributed by atoms with Gasteiger partial charge in [0.1, 0.15) is 12.1 Å². The van der Waals surface area contributed by atoms with E-state index in [0.29, 0.717) is 11.4 Å². The van der Waals surface area contributed by atoms with Crippen LogP contribution in [0, 0.1) is 0 Å². The van der Waals surface area contributed by atoms with E-state index in [4.69, 9.17) is 0 Å². The third-order valence-corrected chi connectivity index (χ3v) is 4.64. The molecule has 0 bridgehead atoms. The van der Waals surface area contributed by atoms with Crippen molar-refractivity contribution in [1.29, 1.82) is 0 Å². The lowest BCUT2D eigenvalue weighted by molar-refractivity contribution is -0.120. The fourth-order valence-electron chi connectivity index (χ4n) is 3.26. The predicted octanol–water partition coefficient (Wildman–Crippen LogP) is 1.48. The molecule has 1 aliphatic rings. The largest absolute Gasteiger partial charge is 0.362 e. The maximum absolute atomic E-state index is 12.3. The van der Waals surface area contributed by atoms with Gasteiger partial charge in [0.2, 0.25) is 0 Å². The lowest BCUT2D eigenvalue weighted by Gasteiger charge is -2.30. The standard InChI is InChI=1S/C20H20N6O2/c27-19(13-25-10-3-5-15-4-1-2-6-17(15)25)23-24-20(28)16-7-8-18(22-12-16)26-11-9-21-14-26/h1-2,4,6-9,11-12,14H,3,5,10,13H2,(H,23,27)(H,24,28). The van der Waals surface area contributed by atoms with Gasteiger partial charge in [-0.2, -0.15) is 0 Å². The van der Waals surface area contributed by atoms with Crippen LogP contribution in [-0.4, -0.2) is 39.4 Å². The van der Waals surface area contributed by atoms with Crippen LogP contribution < -0.4 is 15.8 Å². The maximum Gasteiger partial charge on any atom is 0.271 e. The van der Waals surface area contributed by atoms with Crippen molar-refractivity contribution in [2.45, 2.75) is 12.8 Å². The number of fused-ring (bicyclic) bond motifs is 1. The second-order valence-corrected chi connectivity index (χ2v) is 6.53. The fourth-order valence-corrected chi connectivity index (χ4v) is 3.26. The van der Waals surface area contributed by atoms with Crippen molar-refractivity contribution in [2.75, 3.05) is 18.0 Å². The molecule has 2 N–H and O–H groups in total. The minimum absolute atomic E-state index is 0.190. The molecule has 0 unspecified atom stereocenters. The first-order valence-corrected chi connectivity index (χ1v) is 9.07. The zero-order chi connectivity index (χ0) is 19.3. The number of rotatable bonds is 4. The third kappa shape index (κ3) is 3.85. The number of amides is 2. The summed E-state index contributed by atoms with van der Waals surface area (Å²) in [6.45, 7) is 1.01. The number of para-hydroxylation sites is 1. The first-order chi connectivity index (χ1) is 13.7. The van der Waals surface area contributed by atoms with Gasteiger partial charge in [0, 0.05) is 30.8 Å². The summed E-state index contributed by atoms with van der Waals surface area (Å²) in [4.78, 5) is 34.7. The van der Waals surface area contributed by atoms with E-state index in [-0.39, 0.29) is 12.5 Å². The number of carbonyl (C=O) groups is 2. The van der Waals surface area contributed by atoms with Crippen LogP contribution in [0.3, 0.4) is 0 Å². The summed E-state index contributed by atoms with van der Waals surface area (Å²) in [6, 6.07) is 11.4. The minimum atomic E-state index is -0.419. The average Bonchev–Trinajstić information content (AvgIpc) is 3.27. The summed E-state index contributed by atoms with van der Waals surface area (Å²) >= 11 is 0. The van der Waals surface area contributed by atoms with Crippen molar-refractivity contribution >= 4 is 17.5 Å². The molecule has 3 aromatic rings. The molecule has 4 rings (SSSR count). The predicted molar refractivity (Wildman–Crippen MR) is 104 cm³/mol. The van der Waals surface area contributed by atoms with Gasteiger partial charge in [0.05, 0.1) is 12.1 Å². The highest BCUT2D eigenvalue weighted by Gasteiger charge is 2.19. The smallest absolute Gasteiger partial charge is 0.271 e. The van der Waals surface area contributed by atoms with Gasteiger partial charge < -0.3 is 4.90 Å². The average molecular weight is 376 g/mol. The second kappa shape index (κ2) is 7.91. The molecule has 0 radical (unpaired) electrons. The zero-order valence-electron chi connectivity index (χ0n) is 15.2. The molecule has 1 aromatic carbocycles. The number of carbonyl (C=O) groups excluding carboxylic acids is 2. The number of hydrogen-bond acceptors (Lipinski definition) is 5. The van der Waals surface area contributed by atoms with Gasteiger partial charge in [0.25, 0.3) is 11.8 Å². The Morgan fingerprint density at radius 1 is 1.11 bits per heavy atom. The molecule has 2 amide bonds. The Balaban J connectivity index is 1.32. The SMILES string of the molecule is O=C(CN1CCCc2ccccc21)NNC(=O)c1ccc(-n2ccnc2)nc1. The molecule has 2 aromatic heterocycles. The number of nitrogens with one attached hydrogen (secondary N) is 2. The highest BCUT2D eigenvalue weighted by molar-refractivity contribution is 5.95. The summed E-state index contributed by atoms with van der Waals surface area (Å²) in [5.74, 6) is -0.0352. The molecule has 142 valence electrons. The number of imidazole rings is 1. The van der Waals surface area contributed by atoms with E-state index in [1.54, 1.807) is 35.4 Å². The van der Waals surface area contributed by atoms with Crippen LogP contribution in [0.2, 0.25) is 0 Å². The van der Waals surface area contributed by atoms with E-state index < -0.39 is 5.91 Å². The second-order valence-electron chi connectivity index (χ2n) is 6.53. The Morgan fingerprint density at radius 2 is 2.00 bits per heavy atom. The van der Waals surface area contributed by atoms with Crippen molar-refractivity contribution in [3.63, 3.8) is 0 Å². The molecule has 8 nitrogen and oxygen atoms in total. The highest BCUT2D eigenvalue weighted by atomic mass is 16.2. The molecule has 1 aliphatic heterocycles. The van der Waals surface area contributed by atoms with Crippen molar-refractivity contribution in [2.24, 2.45) is 0 Å².